The molecule has 1 amide bonds. The van der Waals surface area contributed by atoms with E-state index < -0.39 is 5.91 Å². The van der Waals surface area contributed by atoms with Crippen LogP contribution < -0.4 is 5.73 Å². The normalized spacial score (nSPS) is 10.8. The minimum absolute atomic E-state index is 0.419. The van der Waals surface area contributed by atoms with Gasteiger partial charge in [0, 0.05) is 28.4 Å². The molecule has 0 fully saturated rings. The Morgan fingerprint density at radius 1 is 1.12 bits per heavy atom. The first kappa shape index (κ1) is 17.5. The number of carbonyl (C=O) groups excluding carboxylic acids is 1. The summed E-state index contributed by atoms with van der Waals surface area (Å²) in [6, 6.07) is 14.9. The van der Waals surface area contributed by atoms with Gasteiger partial charge in [0.1, 0.15) is 0 Å². The lowest BCUT2D eigenvalue weighted by molar-refractivity contribution is 0.100. The molecular formula is C18H17ClN4OS. The van der Waals surface area contributed by atoms with E-state index in [9.17, 15) is 4.79 Å². The predicted octanol–water partition coefficient (Wildman–Crippen LogP) is 4.01. The number of nitrogens with zero attached hydrogens (tertiary/aromatic N) is 3. The van der Waals surface area contributed by atoms with E-state index in [1.54, 1.807) is 23.9 Å². The smallest absolute Gasteiger partial charge is 0.248 e. The van der Waals surface area contributed by atoms with Crippen molar-refractivity contribution in [1.82, 2.24) is 14.8 Å². The zero-order valence-corrected chi connectivity index (χ0v) is 15.2. The molecule has 5 nitrogen and oxygen atoms in total. The summed E-state index contributed by atoms with van der Waals surface area (Å²) in [5.41, 5.74) is 7.84. The summed E-state index contributed by atoms with van der Waals surface area (Å²) in [7, 11) is 0. The standard InChI is InChI=1S/C18H17ClN4OS/c1-2-23-17(14-7-9-15(19)10-8-14)21-22-18(23)25-11-12-3-5-13(6-4-12)16(20)24/h3-10H,2,11H2,1H3,(H2,20,24). The van der Waals surface area contributed by atoms with Gasteiger partial charge in [-0.3, -0.25) is 4.79 Å². The molecule has 7 heteroatoms. The average Bonchev–Trinajstić information content (AvgIpc) is 3.04. The molecule has 25 heavy (non-hydrogen) atoms. The van der Waals surface area contributed by atoms with Crippen LogP contribution in [0.5, 0.6) is 0 Å². The lowest BCUT2D eigenvalue weighted by Crippen LogP contribution is -2.10. The van der Waals surface area contributed by atoms with E-state index in [-0.39, 0.29) is 0 Å². The third kappa shape index (κ3) is 4.03. The first-order chi connectivity index (χ1) is 12.1. The molecule has 0 bridgehead atoms. The molecule has 2 N–H and O–H groups in total. The number of hydrogen-bond acceptors (Lipinski definition) is 4. The van der Waals surface area contributed by atoms with Gasteiger partial charge in [-0.05, 0) is 48.9 Å². The Balaban J connectivity index is 1.76. The molecule has 0 radical (unpaired) electrons. The van der Waals surface area contributed by atoms with Crippen LogP contribution in [0.15, 0.2) is 53.7 Å². The zero-order chi connectivity index (χ0) is 17.8. The molecule has 1 aromatic heterocycles. The number of nitrogens with two attached hydrogens (primary N) is 1. The quantitative estimate of drug-likeness (QED) is 0.663. The van der Waals surface area contributed by atoms with Crippen LogP contribution in [0, 0.1) is 0 Å². The molecule has 2 aromatic carbocycles. The number of halogens is 1. The Hall–Kier alpha value is -2.31. The first-order valence-electron chi connectivity index (χ1n) is 7.79. The fraction of sp³-hybridized carbons (Fsp3) is 0.167. The number of carbonyl (C=O) groups is 1. The second-order valence-corrected chi connectivity index (χ2v) is 6.79. The van der Waals surface area contributed by atoms with Crippen LogP contribution in [-0.4, -0.2) is 20.7 Å². The van der Waals surface area contributed by atoms with E-state index in [4.69, 9.17) is 17.3 Å². The molecule has 0 aliphatic heterocycles. The summed E-state index contributed by atoms with van der Waals surface area (Å²) in [4.78, 5) is 11.1. The lowest BCUT2D eigenvalue weighted by atomic mass is 10.1. The van der Waals surface area contributed by atoms with Crippen molar-refractivity contribution in [3.8, 4) is 11.4 Å². The van der Waals surface area contributed by atoms with Crippen molar-refractivity contribution in [1.29, 1.82) is 0 Å². The van der Waals surface area contributed by atoms with Crippen molar-refractivity contribution >= 4 is 29.3 Å². The Labute approximate surface area is 155 Å². The van der Waals surface area contributed by atoms with E-state index in [1.165, 1.54) is 0 Å². The lowest BCUT2D eigenvalue weighted by Gasteiger charge is -2.07. The maximum atomic E-state index is 11.1. The average molecular weight is 373 g/mol. The molecule has 0 aliphatic carbocycles. The van der Waals surface area contributed by atoms with Gasteiger partial charge in [0.15, 0.2) is 11.0 Å². The molecular weight excluding hydrogens is 356 g/mol. The molecule has 3 rings (SSSR count). The van der Waals surface area contributed by atoms with Gasteiger partial charge >= 0.3 is 0 Å². The van der Waals surface area contributed by atoms with Crippen molar-refractivity contribution in [3.05, 3.63) is 64.7 Å². The van der Waals surface area contributed by atoms with Crippen LogP contribution in [0.2, 0.25) is 5.02 Å². The second kappa shape index (κ2) is 7.72. The summed E-state index contributed by atoms with van der Waals surface area (Å²) < 4.78 is 2.08. The fourth-order valence-corrected chi connectivity index (χ4v) is 3.49. The van der Waals surface area contributed by atoms with Gasteiger partial charge < -0.3 is 10.3 Å². The van der Waals surface area contributed by atoms with E-state index in [1.807, 2.05) is 36.4 Å². The Bertz CT molecular complexity index is 875. The topological polar surface area (TPSA) is 73.8 Å². The van der Waals surface area contributed by atoms with Gasteiger partial charge in [-0.15, -0.1) is 10.2 Å². The van der Waals surface area contributed by atoms with E-state index in [2.05, 4.69) is 21.7 Å². The molecule has 0 aliphatic rings. The molecule has 0 spiro atoms. The van der Waals surface area contributed by atoms with Gasteiger partial charge in [-0.1, -0.05) is 35.5 Å². The van der Waals surface area contributed by atoms with E-state index in [0.717, 1.165) is 34.4 Å². The van der Waals surface area contributed by atoms with Crippen LogP contribution in [-0.2, 0) is 12.3 Å². The molecule has 0 unspecified atom stereocenters. The number of primary amides is 1. The molecule has 3 aromatic rings. The molecule has 128 valence electrons. The van der Waals surface area contributed by atoms with E-state index in [0.29, 0.717) is 10.6 Å². The number of hydrogen-bond donors (Lipinski definition) is 1. The SMILES string of the molecule is CCn1c(SCc2ccc(C(N)=O)cc2)nnc1-c1ccc(Cl)cc1. The highest BCUT2D eigenvalue weighted by Gasteiger charge is 2.13. The second-order valence-electron chi connectivity index (χ2n) is 5.41. The number of benzene rings is 2. The highest BCUT2D eigenvalue weighted by atomic mass is 35.5. The number of aromatic nitrogens is 3. The number of rotatable bonds is 6. The summed E-state index contributed by atoms with van der Waals surface area (Å²) >= 11 is 7.56. The van der Waals surface area contributed by atoms with Gasteiger partial charge in [0.2, 0.25) is 5.91 Å². The van der Waals surface area contributed by atoms with Gasteiger partial charge in [0.25, 0.3) is 0 Å². The van der Waals surface area contributed by atoms with Crippen molar-refractivity contribution in [2.45, 2.75) is 24.4 Å². The Kier molecular flexibility index (Phi) is 5.40. The minimum Gasteiger partial charge on any atom is -0.366 e. The maximum absolute atomic E-state index is 11.1. The monoisotopic (exact) mass is 372 g/mol. The first-order valence-corrected chi connectivity index (χ1v) is 9.15. The third-order valence-corrected chi connectivity index (χ3v) is 5.03. The van der Waals surface area contributed by atoms with Crippen LogP contribution >= 0.6 is 23.4 Å². The summed E-state index contributed by atoms with van der Waals surface area (Å²) in [6.45, 7) is 2.84. The maximum Gasteiger partial charge on any atom is 0.248 e. The Morgan fingerprint density at radius 3 is 2.40 bits per heavy atom. The molecule has 1 heterocycles. The fourth-order valence-electron chi connectivity index (χ4n) is 2.41. The van der Waals surface area contributed by atoms with Crippen LogP contribution in [0.4, 0.5) is 0 Å². The zero-order valence-electron chi connectivity index (χ0n) is 13.6. The highest BCUT2D eigenvalue weighted by Crippen LogP contribution is 2.27. The van der Waals surface area contributed by atoms with Crippen molar-refractivity contribution < 1.29 is 4.79 Å². The van der Waals surface area contributed by atoms with Crippen molar-refractivity contribution in [3.63, 3.8) is 0 Å². The highest BCUT2D eigenvalue weighted by molar-refractivity contribution is 7.98. The van der Waals surface area contributed by atoms with E-state index >= 15 is 0 Å². The summed E-state index contributed by atoms with van der Waals surface area (Å²) in [6.07, 6.45) is 0. The van der Waals surface area contributed by atoms with Crippen molar-refractivity contribution in [2.75, 3.05) is 0 Å². The Morgan fingerprint density at radius 2 is 1.80 bits per heavy atom. The number of amides is 1. The molecule has 0 saturated heterocycles. The molecule has 0 atom stereocenters. The van der Waals surface area contributed by atoms with Gasteiger partial charge in [-0.2, -0.15) is 0 Å². The predicted molar refractivity (Wildman–Crippen MR) is 101 cm³/mol. The largest absolute Gasteiger partial charge is 0.366 e. The summed E-state index contributed by atoms with van der Waals surface area (Å²) in [5.74, 6) is 1.14. The van der Waals surface area contributed by atoms with Crippen LogP contribution in [0.3, 0.4) is 0 Å². The van der Waals surface area contributed by atoms with Gasteiger partial charge in [-0.25, -0.2) is 0 Å². The third-order valence-electron chi connectivity index (χ3n) is 3.74. The molecule has 0 saturated carbocycles. The van der Waals surface area contributed by atoms with Crippen LogP contribution in [0.1, 0.15) is 22.8 Å². The number of thioether (sulfide) groups is 1. The summed E-state index contributed by atoms with van der Waals surface area (Å²) in [5, 5.41) is 10.2. The van der Waals surface area contributed by atoms with Crippen molar-refractivity contribution in [2.24, 2.45) is 5.73 Å². The van der Waals surface area contributed by atoms with Gasteiger partial charge in [0.05, 0.1) is 0 Å². The van der Waals surface area contributed by atoms with Crippen LogP contribution in [0.25, 0.3) is 11.4 Å². The minimum atomic E-state index is -0.419.